The van der Waals surface area contributed by atoms with E-state index < -0.39 is 11.4 Å². The summed E-state index contributed by atoms with van der Waals surface area (Å²) in [6.45, 7) is 6.13. The van der Waals surface area contributed by atoms with E-state index in [1.54, 1.807) is 6.92 Å². The summed E-state index contributed by atoms with van der Waals surface area (Å²) in [5, 5.41) is 29.6. The van der Waals surface area contributed by atoms with Gasteiger partial charge in [-0.1, -0.05) is 83.8 Å². The van der Waals surface area contributed by atoms with Crippen molar-refractivity contribution in [3.63, 3.8) is 0 Å². The molecule has 148 valence electrons. The van der Waals surface area contributed by atoms with Crippen LogP contribution >= 0.6 is 0 Å². The fourth-order valence-corrected chi connectivity index (χ4v) is 4.13. The first-order valence-corrected chi connectivity index (χ1v) is 10.7. The maximum absolute atomic E-state index is 9.86. The highest BCUT2D eigenvalue weighted by Gasteiger charge is 2.42. The van der Waals surface area contributed by atoms with Crippen LogP contribution in [0.25, 0.3) is 0 Å². The van der Waals surface area contributed by atoms with Gasteiger partial charge in [-0.15, -0.1) is 0 Å². The van der Waals surface area contributed by atoms with E-state index in [0.29, 0.717) is 12.3 Å². The van der Waals surface area contributed by atoms with Gasteiger partial charge in [0.2, 0.25) is 0 Å². The van der Waals surface area contributed by atoms with Crippen molar-refractivity contribution in [1.82, 2.24) is 0 Å². The summed E-state index contributed by atoms with van der Waals surface area (Å²) in [6, 6.07) is 0. The lowest BCUT2D eigenvalue weighted by Gasteiger charge is -2.35. The zero-order valence-corrected chi connectivity index (χ0v) is 16.8. The Morgan fingerprint density at radius 2 is 1.52 bits per heavy atom. The average molecular weight is 355 g/mol. The standard InChI is InChI=1S/C22H42O3/c1-4-6-8-9-10-13-19-14-12-15-20(19)16-18-21(3,22(23,24)25)17-11-7-5-2/h16,18-20,23-25H,4-15,17H2,1-3H3/b18-16+/t19-,20+,21?/m0/s1. The van der Waals surface area contributed by atoms with Crippen LogP contribution in [0.2, 0.25) is 0 Å². The molecule has 0 bridgehead atoms. The molecule has 1 saturated carbocycles. The molecule has 0 aromatic heterocycles. The first-order chi connectivity index (χ1) is 11.8. The third-order valence-electron chi connectivity index (χ3n) is 6.17. The maximum Gasteiger partial charge on any atom is 0.284 e. The lowest BCUT2D eigenvalue weighted by molar-refractivity contribution is -0.361. The van der Waals surface area contributed by atoms with Crippen LogP contribution in [-0.2, 0) is 0 Å². The van der Waals surface area contributed by atoms with E-state index >= 15 is 0 Å². The number of hydrogen-bond donors (Lipinski definition) is 3. The minimum atomic E-state index is -2.65. The molecule has 25 heavy (non-hydrogen) atoms. The molecule has 1 fully saturated rings. The van der Waals surface area contributed by atoms with E-state index in [-0.39, 0.29) is 0 Å². The fraction of sp³-hybridized carbons (Fsp3) is 0.909. The normalized spacial score (nSPS) is 24.1. The van der Waals surface area contributed by atoms with Crippen LogP contribution < -0.4 is 0 Å². The molecule has 0 amide bonds. The Hall–Kier alpha value is -0.380. The van der Waals surface area contributed by atoms with Gasteiger partial charge in [-0.05, 0) is 44.4 Å². The molecular weight excluding hydrogens is 312 g/mol. The summed E-state index contributed by atoms with van der Waals surface area (Å²) in [6.07, 6.45) is 19.3. The van der Waals surface area contributed by atoms with Gasteiger partial charge in [0.15, 0.2) is 0 Å². The second-order valence-electron chi connectivity index (χ2n) is 8.43. The molecule has 3 N–H and O–H groups in total. The van der Waals surface area contributed by atoms with E-state index in [1.165, 1.54) is 57.8 Å². The Bertz CT molecular complexity index is 372. The number of rotatable bonds is 13. The number of aliphatic hydroxyl groups is 3. The Morgan fingerprint density at radius 1 is 0.880 bits per heavy atom. The molecule has 1 rings (SSSR count). The molecule has 1 unspecified atom stereocenters. The van der Waals surface area contributed by atoms with Crippen LogP contribution in [-0.4, -0.2) is 21.3 Å². The minimum absolute atomic E-state index is 0.527. The predicted octanol–water partition coefficient (Wildman–Crippen LogP) is 5.54. The van der Waals surface area contributed by atoms with Crippen molar-refractivity contribution in [1.29, 1.82) is 0 Å². The van der Waals surface area contributed by atoms with Gasteiger partial charge in [0.25, 0.3) is 5.97 Å². The van der Waals surface area contributed by atoms with Gasteiger partial charge in [0, 0.05) is 0 Å². The molecule has 3 atom stereocenters. The van der Waals surface area contributed by atoms with Crippen molar-refractivity contribution < 1.29 is 15.3 Å². The molecule has 0 radical (unpaired) electrons. The molecule has 0 spiro atoms. The molecule has 1 aliphatic rings. The number of unbranched alkanes of at least 4 members (excludes halogenated alkanes) is 6. The van der Waals surface area contributed by atoms with E-state index in [9.17, 15) is 15.3 Å². The monoisotopic (exact) mass is 354 g/mol. The molecule has 0 aromatic rings. The average Bonchev–Trinajstić information content (AvgIpc) is 2.99. The third-order valence-corrected chi connectivity index (χ3v) is 6.17. The van der Waals surface area contributed by atoms with Crippen LogP contribution in [0.1, 0.15) is 104 Å². The lowest BCUT2D eigenvalue weighted by atomic mass is 9.79. The van der Waals surface area contributed by atoms with Crippen LogP contribution in [0.5, 0.6) is 0 Å². The molecule has 0 aliphatic heterocycles. The van der Waals surface area contributed by atoms with Crippen molar-refractivity contribution in [2.45, 2.75) is 110 Å². The summed E-state index contributed by atoms with van der Waals surface area (Å²) in [7, 11) is 0. The Balaban J connectivity index is 2.58. The van der Waals surface area contributed by atoms with Gasteiger partial charge in [-0.3, -0.25) is 0 Å². The van der Waals surface area contributed by atoms with Crippen molar-refractivity contribution in [2.75, 3.05) is 0 Å². The Kier molecular flexibility index (Phi) is 10.3. The second kappa shape index (κ2) is 11.4. The SMILES string of the molecule is CCCCCCC[C@H]1CCC[C@@H]1/C=C/C(C)(CCCCC)C(O)(O)O. The highest BCUT2D eigenvalue weighted by Crippen LogP contribution is 2.40. The Labute approximate surface area is 155 Å². The van der Waals surface area contributed by atoms with Gasteiger partial charge in [0.05, 0.1) is 5.41 Å². The second-order valence-corrected chi connectivity index (χ2v) is 8.43. The van der Waals surface area contributed by atoms with Crippen molar-refractivity contribution in [3.05, 3.63) is 12.2 Å². The molecular formula is C22H42O3. The molecule has 1 aliphatic carbocycles. The Morgan fingerprint density at radius 3 is 2.16 bits per heavy atom. The van der Waals surface area contributed by atoms with Crippen LogP contribution in [0.4, 0.5) is 0 Å². The van der Waals surface area contributed by atoms with Crippen molar-refractivity contribution in [3.8, 4) is 0 Å². The summed E-state index contributed by atoms with van der Waals surface area (Å²) < 4.78 is 0. The first-order valence-electron chi connectivity index (χ1n) is 10.7. The van der Waals surface area contributed by atoms with E-state index in [2.05, 4.69) is 19.9 Å². The summed E-state index contributed by atoms with van der Waals surface area (Å²) in [4.78, 5) is 0. The minimum Gasteiger partial charge on any atom is -0.343 e. The molecule has 3 nitrogen and oxygen atoms in total. The van der Waals surface area contributed by atoms with Crippen molar-refractivity contribution >= 4 is 0 Å². The largest absolute Gasteiger partial charge is 0.343 e. The topological polar surface area (TPSA) is 60.7 Å². The van der Waals surface area contributed by atoms with Crippen molar-refractivity contribution in [2.24, 2.45) is 17.3 Å². The third kappa shape index (κ3) is 7.80. The van der Waals surface area contributed by atoms with E-state index in [0.717, 1.165) is 25.2 Å². The summed E-state index contributed by atoms with van der Waals surface area (Å²) >= 11 is 0. The van der Waals surface area contributed by atoms with Gasteiger partial charge in [0.1, 0.15) is 0 Å². The quantitative estimate of drug-likeness (QED) is 0.231. The van der Waals surface area contributed by atoms with E-state index in [4.69, 9.17) is 0 Å². The molecule has 0 saturated heterocycles. The maximum atomic E-state index is 9.86. The highest BCUT2D eigenvalue weighted by atomic mass is 16.7. The van der Waals surface area contributed by atoms with Gasteiger partial charge in [-0.25, -0.2) is 0 Å². The zero-order chi connectivity index (χ0) is 18.8. The number of hydrogen-bond acceptors (Lipinski definition) is 3. The predicted molar refractivity (Wildman–Crippen MR) is 105 cm³/mol. The highest BCUT2D eigenvalue weighted by molar-refractivity contribution is 5.05. The molecule has 0 heterocycles. The molecule has 3 heteroatoms. The summed E-state index contributed by atoms with van der Waals surface area (Å²) in [5.41, 5.74) is -0.990. The number of allylic oxidation sites excluding steroid dienone is 1. The van der Waals surface area contributed by atoms with Gasteiger partial charge in [-0.2, -0.15) is 0 Å². The summed E-state index contributed by atoms with van der Waals surface area (Å²) in [5.74, 6) is -1.40. The zero-order valence-electron chi connectivity index (χ0n) is 16.8. The fourth-order valence-electron chi connectivity index (χ4n) is 4.13. The van der Waals surface area contributed by atoms with Crippen LogP contribution in [0, 0.1) is 17.3 Å². The van der Waals surface area contributed by atoms with E-state index in [1.807, 2.05) is 6.08 Å². The van der Waals surface area contributed by atoms with Crippen LogP contribution in [0.15, 0.2) is 12.2 Å². The first kappa shape index (κ1) is 22.7. The van der Waals surface area contributed by atoms with Crippen LogP contribution in [0.3, 0.4) is 0 Å². The van der Waals surface area contributed by atoms with Gasteiger partial charge < -0.3 is 15.3 Å². The lowest BCUT2D eigenvalue weighted by Crippen LogP contribution is -2.45. The van der Waals surface area contributed by atoms with Gasteiger partial charge >= 0.3 is 0 Å². The molecule has 0 aromatic carbocycles. The smallest absolute Gasteiger partial charge is 0.284 e.